The largest absolute Gasteiger partial charge is 0.508 e. The van der Waals surface area contributed by atoms with Gasteiger partial charge in [-0.25, -0.2) is 0 Å². The summed E-state index contributed by atoms with van der Waals surface area (Å²) in [5.41, 5.74) is 3.09. The highest BCUT2D eigenvalue weighted by molar-refractivity contribution is 5.95. The Morgan fingerprint density at radius 3 is 2.62 bits per heavy atom. The van der Waals surface area contributed by atoms with Crippen LogP contribution < -0.4 is 14.5 Å². The summed E-state index contributed by atoms with van der Waals surface area (Å²) in [5.74, 6) is 1.13. The van der Waals surface area contributed by atoms with E-state index in [1.807, 2.05) is 29.2 Å². The molecule has 2 aromatic carbocycles. The predicted molar refractivity (Wildman–Crippen MR) is 163 cm³/mol. The van der Waals surface area contributed by atoms with Gasteiger partial charge in [0.2, 0.25) is 5.91 Å². The maximum absolute atomic E-state index is 12.2. The van der Waals surface area contributed by atoms with Crippen LogP contribution in [0.3, 0.4) is 0 Å². The van der Waals surface area contributed by atoms with E-state index < -0.39 is 0 Å². The Labute approximate surface area is 247 Å². The fraction of sp³-hybridized carbons (Fsp3) is 0.469. The lowest BCUT2D eigenvalue weighted by molar-refractivity contribution is -0.126. The minimum Gasteiger partial charge on any atom is -0.508 e. The van der Waals surface area contributed by atoms with Crippen molar-refractivity contribution in [3.8, 4) is 11.8 Å². The second-order valence-corrected chi connectivity index (χ2v) is 11.1. The smallest absolute Gasteiger partial charge is 0.318 e. The maximum Gasteiger partial charge on any atom is 0.318 e. The van der Waals surface area contributed by atoms with Crippen molar-refractivity contribution in [3.05, 3.63) is 60.3 Å². The average molecular weight is 573 g/mol. The Balaban J connectivity index is 1.21. The van der Waals surface area contributed by atoms with Crippen LogP contribution in [0.4, 0.5) is 11.5 Å². The van der Waals surface area contributed by atoms with E-state index in [9.17, 15) is 9.90 Å². The van der Waals surface area contributed by atoms with Crippen LogP contribution in [0.15, 0.2) is 49.1 Å². The number of anilines is 2. The Morgan fingerprint density at radius 1 is 1.00 bits per heavy atom. The number of hydrogen-bond acceptors (Lipinski definition) is 9. The van der Waals surface area contributed by atoms with Crippen molar-refractivity contribution in [3.63, 3.8) is 0 Å². The first kappa shape index (κ1) is 28.2. The summed E-state index contributed by atoms with van der Waals surface area (Å²) in [6.07, 6.45) is 4.14. The van der Waals surface area contributed by atoms with Crippen LogP contribution in [0.2, 0.25) is 0 Å². The maximum atomic E-state index is 12.2. The minimum absolute atomic E-state index is 0.0329. The molecule has 0 bridgehead atoms. The molecule has 1 N–H and O–H groups in total. The number of phenols is 1. The highest BCUT2D eigenvalue weighted by Gasteiger charge is 2.29. The van der Waals surface area contributed by atoms with Crippen LogP contribution in [0, 0.1) is 0 Å². The number of phenolic OH excluding ortho intramolecular Hbond substituents is 1. The lowest BCUT2D eigenvalue weighted by Gasteiger charge is -2.38. The zero-order valence-corrected chi connectivity index (χ0v) is 24.2. The molecule has 0 atom stereocenters. The second-order valence-electron chi connectivity index (χ2n) is 11.1. The van der Waals surface area contributed by atoms with Gasteiger partial charge in [-0.15, -0.1) is 0 Å². The Morgan fingerprint density at radius 2 is 1.81 bits per heavy atom. The minimum atomic E-state index is -0.0329. The normalized spacial score (nSPS) is 17.8. The monoisotopic (exact) mass is 572 g/mol. The summed E-state index contributed by atoms with van der Waals surface area (Å²) in [6, 6.07) is 12.2. The number of ether oxygens (including phenoxy) is 2. The van der Waals surface area contributed by atoms with Gasteiger partial charge in [0.25, 0.3) is 0 Å². The molecule has 0 aliphatic carbocycles. The van der Waals surface area contributed by atoms with Gasteiger partial charge in [-0.3, -0.25) is 9.69 Å². The van der Waals surface area contributed by atoms with Crippen molar-refractivity contribution in [1.29, 1.82) is 0 Å². The van der Waals surface area contributed by atoms with E-state index in [-0.39, 0.29) is 11.7 Å². The van der Waals surface area contributed by atoms with Gasteiger partial charge in [0.05, 0.1) is 32.1 Å². The number of morpholine rings is 1. The molecule has 42 heavy (non-hydrogen) atoms. The van der Waals surface area contributed by atoms with Gasteiger partial charge >= 0.3 is 6.01 Å². The van der Waals surface area contributed by atoms with Crippen molar-refractivity contribution in [2.75, 3.05) is 82.0 Å². The van der Waals surface area contributed by atoms with Crippen LogP contribution in [-0.4, -0.2) is 103 Å². The van der Waals surface area contributed by atoms with Gasteiger partial charge in [0, 0.05) is 68.5 Å². The zero-order chi connectivity index (χ0) is 28.9. The number of carbonyl (C=O) groups excluding carboxylic acids is 1. The third kappa shape index (κ3) is 6.29. The number of aromatic nitrogens is 2. The second kappa shape index (κ2) is 13.0. The van der Waals surface area contributed by atoms with Crippen molar-refractivity contribution in [2.24, 2.45) is 0 Å². The number of amides is 1. The molecule has 1 aromatic heterocycles. The van der Waals surface area contributed by atoms with Crippen LogP contribution in [0.5, 0.6) is 11.8 Å². The average Bonchev–Trinajstić information content (AvgIpc) is 3.03. The Bertz CT molecular complexity index is 1420. The number of carbonyl (C=O) groups is 1. The number of rotatable bonds is 9. The van der Waals surface area contributed by atoms with Crippen molar-refractivity contribution in [2.45, 2.75) is 25.8 Å². The van der Waals surface area contributed by atoms with Gasteiger partial charge in [-0.05, 0) is 43.3 Å². The summed E-state index contributed by atoms with van der Waals surface area (Å²) in [5, 5.41) is 12.6. The van der Waals surface area contributed by atoms with Crippen molar-refractivity contribution >= 4 is 28.2 Å². The van der Waals surface area contributed by atoms with E-state index in [4.69, 9.17) is 19.4 Å². The Hall–Kier alpha value is -3.89. The lowest BCUT2D eigenvalue weighted by atomic mass is 10.0. The standard InChI is InChI=1S/C32H40N6O4/c1-2-30(40)36-12-14-37(15-13-36)31-27-9-11-38(29-22-25(39)21-24-7-3-4-8-26(24)29)23-28(27)33-32(34-31)42-18-6-5-10-35-16-19-41-20-17-35/h2-4,7-8,21-22,39H,1,5-6,9-20,23H2. The first-order chi connectivity index (χ1) is 20.6. The van der Waals surface area contributed by atoms with E-state index in [2.05, 4.69) is 27.3 Å². The molecule has 2 saturated heterocycles. The number of benzene rings is 2. The summed E-state index contributed by atoms with van der Waals surface area (Å²) in [6.45, 7) is 12.9. The van der Waals surface area contributed by atoms with Crippen LogP contribution in [-0.2, 0) is 22.5 Å². The zero-order valence-electron chi connectivity index (χ0n) is 24.2. The highest BCUT2D eigenvalue weighted by Crippen LogP contribution is 2.36. The number of unbranched alkanes of at least 4 members (excludes halogenated alkanes) is 1. The number of hydrogen-bond donors (Lipinski definition) is 1. The van der Waals surface area contributed by atoms with Crippen LogP contribution in [0.1, 0.15) is 24.1 Å². The third-order valence-corrected chi connectivity index (χ3v) is 8.46. The Kier molecular flexibility index (Phi) is 8.71. The first-order valence-corrected chi connectivity index (χ1v) is 15.0. The van der Waals surface area contributed by atoms with Crippen LogP contribution >= 0.6 is 0 Å². The SMILES string of the molecule is C=CC(=O)N1CCN(c2nc(OCCCCN3CCOCC3)nc3c2CCN(c2cc(O)cc4ccccc24)C3)CC1. The van der Waals surface area contributed by atoms with Gasteiger partial charge in [0.1, 0.15) is 11.6 Å². The molecule has 6 rings (SSSR count). The van der Waals surface area contributed by atoms with E-state index in [1.165, 1.54) is 6.08 Å². The molecule has 10 heteroatoms. The number of nitrogens with zero attached hydrogens (tertiary/aromatic N) is 6. The van der Waals surface area contributed by atoms with Gasteiger partial charge in [-0.2, -0.15) is 9.97 Å². The molecule has 10 nitrogen and oxygen atoms in total. The molecule has 2 fully saturated rings. The third-order valence-electron chi connectivity index (χ3n) is 8.46. The van der Waals surface area contributed by atoms with E-state index in [1.54, 1.807) is 6.07 Å². The fourth-order valence-electron chi connectivity index (χ4n) is 6.15. The molecule has 3 aliphatic heterocycles. The number of piperazine rings is 1. The van der Waals surface area contributed by atoms with Gasteiger partial charge < -0.3 is 29.3 Å². The van der Waals surface area contributed by atoms with E-state index in [0.717, 1.165) is 92.2 Å². The fourth-order valence-corrected chi connectivity index (χ4v) is 6.15. The topological polar surface area (TPSA) is 94.5 Å². The molecule has 0 radical (unpaired) electrons. The molecule has 1 amide bonds. The molecule has 0 spiro atoms. The predicted octanol–water partition coefficient (Wildman–Crippen LogP) is 3.22. The lowest BCUT2D eigenvalue weighted by Crippen LogP contribution is -2.49. The quantitative estimate of drug-likeness (QED) is 0.306. The van der Waals surface area contributed by atoms with Crippen molar-refractivity contribution in [1.82, 2.24) is 19.8 Å². The summed E-state index contributed by atoms with van der Waals surface area (Å²) < 4.78 is 11.6. The summed E-state index contributed by atoms with van der Waals surface area (Å²) in [4.78, 5) is 30.8. The molecule has 3 aliphatic rings. The van der Waals surface area contributed by atoms with Crippen LogP contribution in [0.25, 0.3) is 10.8 Å². The molecule has 4 heterocycles. The van der Waals surface area contributed by atoms with E-state index >= 15 is 0 Å². The van der Waals surface area contributed by atoms with E-state index in [0.29, 0.717) is 45.3 Å². The molecule has 3 aromatic rings. The van der Waals surface area contributed by atoms with Crippen molar-refractivity contribution < 1.29 is 19.4 Å². The molecule has 0 unspecified atom stereocenters. The summed E-state index contributed by atoms with van der Waals surface area (Å²) in [7, 11) is 0. The highest BCUT2D eigenvalue weighted by atomic mass is 16.5. The molecule has 0 saturated carbocycles. The van der Waals surface area contributed by atoms with Gasteiger partial charge in [0.15, 0.2) is 0 Å². The molecule has 222 valence electrons. The molecular formula is C32H40N6O4. The van der Waals surface area contributed by atoms with Gasteiger partial charge in [-0.1, -0.05) is 30.8 Å². The summed E-state index contributed by atoms with van der Waals surface area (Å²) >= 11 is 0. The molecular weight excluding hydrogens is 532 g/mol. The number of aromatic hydroxyl groups is 1. The number of fused-ring (bicyclic) bond motifs is 2. The first-order valence-electron chi connectivity index (χ1n) is 15.0.